The number of hydrogen-bond acceptors (Lipinski definition) is 2. The molecule has 3 heteroatoms. The van der Waals surface area contributed by atoms with Gasteiger partial charge in [-0.2, -0.15) is 0 Å². The molecule has 2 N–H and O–H groups in total. The number of carbonyl (C=O) groups is 1. The highest BCUT2D eigenvalue weighted by Crippen LogP contribution is 2.46. The van der Waals surface area contributed by atoms with Gasteiger partial charge in [0.2, 0.25) is 0 Å². The third kappa shape index (κ3) is 2.41. The summed E-state index contributed by atoms with van der Waals surface area (Å²) >= 11 is 0. The van der Waals surface area contributed by atoms with Gasteiger partial charge in [-0.25, -0.2) is 0 Å². The van der Waals surface area contributed by atoms with Gasteiger partial charge in [0.1, 0.15) is 0 Å². The third-order valence-corrected chi connectivity index (χ3v) is 4.09. The van der Waals surface area contributed by atoms with Crippen LogP contribution in [0.25, 0.3) is 0 Å². The van der Waals surface area contributed by atoms with Crippen molar-refractivity contribution in [2.75, 3.05) is 0 Å². The number of benzene rings is 1. The Morgan fingerprint density at radius 1 is 1.28 bits per heavy atom. The lowest BCUT2D eigenvalue weighted by Gasteiger charge is -2.33. The fourth-order valence-corrected chi connectivity index (χ4v) is 3.08. The maximum Gasteiger partial charge on any atom is 0.309 e. The first-order chi connectivity index (χ1) is 8.46. The lowest BCUT2D eigenvalue weighted by atomic mass is 9.74. The summed E-state index contributed by atoms with van der Waals surface area (Å²) in [4.78, 5) is 11.5. The molecule has 0 heterocycles. The Morgan fingerprint density at radius 3 is 2.33 bits per heavy atom. The third-order valence-electron chi connectivity index (χ3n) is 4.09. The zero-order valence-electron chi connectivity index (χ0n) is 10.7. The predicted molar refractivity (Wildman–Crippen MR) is 69.2 cm³/mol. The number of rotatable bonds is 4. The molecule has 0 saturated heterocycles. The van der Waals surface area contributed by atoms with Gasteiger partial charge in [-0.1, -0.05) is 43.2 Å². The normalized spacial score (nSPS) is 21.4. The highest BCUT2D eigenvalue weighted by Gasteiger charge is 2.46. The van der Waals surface area contributed by atoms with Crippen LogP contribution in [0, 0.1) is 5.41 Å². The van der Waals surface area contributed by atoms with E-state index in [9.17, 15) is 15.0 Å². The molecule has 0 aromatic heterocycles. The quantitative estimate of drug-likeness (QED) is 0.861. The molecule has 0 bridgehead atoms. The topological polar surface area (TPSA) is 57.5 Å². The second-order valence-electron chi connectivity index (χ2n) is 5.61. The number of aliphatic carboxylic acids is 1. The monoisotopic (exact) mass is 248 g/mol. The van der Waals surface area contributed by atoms with Crippen molar-refractivity contribution < 1.29 is 15.0 Å². The molecule has 1 aromatic rings. The molecular formula is C15H20O3. The molecule has 3 nitrogen and oxygen atoms in total. The number of carboxylic acid groups (broad SMARTS) is 1. The molecule has 1 aromatic carbocycles. The summed E-state index contributed by atoms with van der Waals surface area (Å²) in [7, 11) is 0. The van der Waals surface area contributed by atoms with Crippen LogP contribution in [-0.4, -0.2) is 16.2 Å². The molecule has 0 aliphatic heterocycles. The van der Waals surface area contributed by atoms with Crippen molar-refractivity contribution >= 4 is 5.97 Å². The SMILES string of the molecule is CC(O)(CC1(C(=O)O)CCCC1)c1ccccc1. The molecule has 1 saturated carbocycles. The van der Waals surface area contributed by atoms with E-state index in [-0.39, 0.29) is 0 Å². The number of carboxylic acids is 1. The molecule has 1 aliphatic rings. The fourth-order valence-electron chi connectivity index (χ4n) is 3.08. The Bertz CT molecular complexity index is 417. The Morgan fingerprint density at radius 2 is 1.83 bits per heavy atom. The highest BCUT2D eigenvalue weighted by molar-refractivity contribution is 5.75. The predicted octanol–water partition coefficient (Wildman–Crippen LogP) is 2.93. The molecular weight excluding hydrogens is 228 g/mol. The van der Waals surface area contributed by atoms with Crippen molar-refractivity contribution in [2.45, 2.75) is 44.6 Å². The van der Waals surface area contributed by atoms with E-state index in [1.165, 1.54) is 0 Å². The second kappa shape index (κ2) is 4.73. The lowest BCUT2D eigenvalue weighted by Crippen LogP contribution is -2.36. The van der Waals surface area contributed by atoms with Gasteiger partial charge in [0, 0.05) is 0 Å². The maximum atomic E-state index is 11.5. The first-order valence-corrected chi connectivity index (χ1v) is 6.48. The average Bonchev–Trinajstić information content (AvgIpc) is 2.79. The summed E-state index contributed by atoms with van der Waals surface area (Å²) in [6.07, 6.45) is 3.52. The van der Waals surface area contributed by atoms with Gasteiger partial charge in [0.15, 0.2) is 0 Å². The van der Waals surface area contributed by atoms with E-state index in [1.807, 2.05) is 30.3 Å². The molecule has 98 valence electrons. The molecule has 1 atom stereocenters. The van der Waals surface area contributed by atoms with E-state index < -0.39 is 17.0 Å². The van der Waals surface area contributed by atoms with Gasteiger partial charge in [-0.3, -0.25) is 4.79 Å². The number of hydrogen-bond donors (Lipinski definition) is 2. The van der Waals surface area contributed by atoms with Crippen LogP contribution in [0.15, 0.2) is 30.3 Å². The van der Waals surface area contributed by atoms with Crippen molar-refractivity contribution in [3.8, 4) is 0 Å². The lowest BCUT2D eigenvalue weighted by molar-refractivity contribution is -0.153. The van der Waals surface area contributed by atoms with Crippen LogP contribution in [0.1, 0.15) is 44.6 Å². The molecule has 1 fully saturated rings. The summed E-state index contributed by atoms with van der Waals surface area (Å²) in [6.45, 7) is 1.71. The smallest absolute Gasteiger partial charge is 0.309 e. The summed E-state index contributed by atoms with van der Waals surface area (Å²) in [5.74, 6) is -0.767. The molecule has 0 radical (unpaired) electrons. The van der Waals surface area contributed by atoms with Crippen molar-refractivity contribution in [1.82, 2.24) is 0 Å². The second-order valence-corrected chi connectivity index (χ2v) is 5.61. The molecule has 0 amide bonds. The van der Waals surface area contributed by atoms with Gasteiger partial charge >= 0.3 is 5.97 Å². The van der Waals surface area contributed by atoms with E-state index in [0.29, 0.717) is 19.3 Å². The minimum Gasteiger partial charge on any atom is -0.481 e. The van der Waals surface area contributed by atoms with Crippen molar-refractivity contribution in [2.24, 2.45) is 5.41 Å². The zero-order chi connectivity index (χ0) is 13.2. The summed E-state index contributed by atoms with van der Waals surface area (Å²) in [5, 5.41) is 20.1. The van der Waals surface area contributed by atoms with Crippen LogP contribution in [0.2, 0.25) is 0 Å². The van der Waals surface area contributed by atoms with Crippen LogP contribution in [0.4, 0.5) is 0 Å². The van der Waals surface area contributed by atoms with Gasteiger partial charge in [0.25, 0.3) is 0 Å². The number of aliphatic hydroxyl groups is 1. The summed E-state index contributed by atoms with van der Waals surface area (Å²) in [6, 6.07) is 9.33. The molecule has 18 heavy (non-hydrogen) atoms. The molecule has 1 unspecified atom stereocenters. The summed E-state index contributed by atoms with van der Waals surface area (Å²) in [5.41, 5.74) is -1.04. The summed E-state index contributed by atoms with van der Waals surface area (Å²) < 4.78 is 0. The molecule has 1 aliphatic carbocycles. The van der Waals surface area contributed by atoms with E-state index in [2.05, 4.69) is 0 Å². The Balaban J connectivity index is 2.24. The zero-order valence-corrected chi connectivity index (χ0v) is 10.7. The van der Waals surface area contributed by atoms with Crippen molar-refractivity contribution in [1.29, 1.82) is 0 Å². The van der Waals surface area contributed by atoms with Crippen LogP contribution >= 0.6 is 0 Å². The van der Waals surface area contributed by atoms with E-state index in [4.69, 9.17) is 0 Å². The highest BCUT2D eigenvalue weighted by atomic mass is 16.4. The van der Waals surface area contributed by atoms with Crippen LogP contribution in [0.3, 0.4) is 0 Å². The minimum atomic E-state index is -1.08. The molecule has 0 spiro atoms. The van der Waals surface area contributed by atoms with Crippen molar-refractivity contribution in [3.05, 3.63) is 35.9 Å². The van der Waals surface area contributed by atoms with Crippen LogP contribution in [-0.2, 0) is 10.4 Å². The van der Waals surface area contributed by atoms with Gasteiger partial charge in [0.05, 0.1) is 11.0 Å². The van der Waals surface area contributed by atoms with Gasteiger partial charge in [-0.05, 0) is 31.7 Å². The van der Waals surface area contributed by atoms with Gasteiger partial charge < -0.3 is 10.2 Å². The Hall–Kier alpha value is -1.35. The average molecular weight is 248 g/mol. The fraction of sp³-hybridized carbons (Fsp3) is 0.533. The van der Waals surface area contributed by atoms with Crippen molar-refractivity contribution in [3.63, 3.8) is 0 Å². The Kier molecular flexibility index (Phi) is 3.44. The first-order valence-electron chi connectivity index (χ1n) is 6.48. The molecule has 2 rings (SSSR count). The largest absolute Gasteiger partial charge is 0.481 e. The standard InChI is InChI=1S/C15H20O3/c1-14(18,12-7-3-2-4-8-12)11-15(13(16)17)9-5-6-10-15/h2-4,7-8,18H,5-6,9-11H2,1H3,(H,16,17). The van der Waals surface area contributed by atoms with Crippen LogP contribution < -0.4 is 0 Å². The van der Waals surface area contributed by atoms with E-state index in [1.54, 1.807) is 6.92 Å². The maximum absolute atomic E-state index is 11.5. The van der Waals surface area contributed by atoms with Gasteiger partial charge in [-0.15, -0.1) is 0 Å². The Labute approximate surface area is 107 Å². The first kappa shape index (κ1) is 13.1. The minimum absolute atomic E-state index is 0.291. The van der Waals surface area contributed by atoms with E-state index >= 15 is 0 Å². The van der Waals surface area contributed by atoms with Crippen LogP contribution in [0.5, 0.6) is 0 Å². The van der Waals surface area contributed by atoms with E-state index in [0.717, 1.165) is 18.4 Å².